The molecule has 0 aromatic heterocycles. The molecule has 0 aliphatic heterocycles. The van der Waals surface area contributed by atoms with Crippen molar-refractivity contribution in [3.05, 3.63) is 0 Å². The van der Waals surface area contributed by atoms with Crippen molar-refractivity contribution in [2.75, 3.05) is 85.9 Å². The molecule has 8 N–H and O–H groups in total. The second kappa shape index (κ2) is 23.5. The van der Waals surface area contributed by atoms with E-state index < -0.39 is 62.9 Å². The van der Waals surface area contributed by atoms with Gasteiger partial charge in [-0.1, -0.05) is 0 Å². The van der Waals surface area contributed by atoms with Gasteiger partial charge in [-0.2, -0.15) is 0 Å². The Labute approximate surface area is 210 Å². The highest BCUT2D eigenvalue weighted by atomic mass is 16.7. The Balaban J connectivity index is 4.77. The first-order chi connectivity index (χ1) is 17.2. The van der Waals surface area contributed by atoms with Gasteiger partial charge in [-0.25, -0.2) is 0 Å². The third kappa shape index (κ3) is 20.5. The molecule has 0 saturated carbocycles. The van der Waals surface area contributed by atoms with Gasteiger partial charge in [0.05, 0.1) is 79.3 Å². The average molecular weight is 537 g/mol. The van der Waals surface area contributed by atoms with E-state index in [-0.39, 0.29) is 59.5 Å². The minimum atomic E-state index is -1.56. The lowest BCUT2D eigenvalue weighted by atomic mass is 10.3. The molecule has 15 nitrogen and oxygen atoms in total. The molecule has 0 heterocycles. The molecule has 0 aliphatic carbocycles. The molecule has 15 heteroatoms. The van der Waals surface area contributed by atoms with Gasteiger partial charge in [0.15, 0.2) is 12.6 Å². The lowest BCUT2D eigenvalue weighted by Crippen LogP contribution is -2.37. The molecule has 0 saturated heterocycles. The molecule has 0 amide bonds. The van der Waals surface area contributed by atoms with E-state index in [1.165, 1.54) is 0 Å². The minimum absolute atomic E-state index is 0.0695. The van der Waals surface area contributed by atoms with Crippen molar-refractivity contribution in [2.45, 2.75) is 50.0 Å². The Morgan fingerprint density at radius 2 is 1.00 bits per heavy atom. The van der Waals surface area contributed by atoms with E-state index in [2.05, 4.69) is 0 Å². The molecule has 0 spiro atoms. The molecule has 36 heavy (non-hydrogen) atoms. The Morgan fingerprint density at radius 1 is 0.500 bits per heavy atom. The largest absolute Gasteiger partial charge is 0.394 e. The van der Waals surface area contributed by atoms with Crippen molar-refractivity contribution >= 4 is 0 Å². The molecule has 0 radical (unpaired) electrons. The average Bonchev–Trinajstić information content (AvgIpc) is 2.87. The third-order valence-electron chi connectivity index (χ3n) is 4.19. The summed E-state index contributed by atoms with van der Waals surface area (Å²) >= 11 is 0. The highest BCUT2D eigenvalue weighted by Crippen LogP contribution is 2.06. The van der Waals surface area contributed by atoms with Crippen LogP contribution in [0.5, 0.6) is 0 Å². The molecule has 0 aliphatic rings. The lowest BCUT2D eigenvalue weighted by molar-refractivity contribution is -0.262. The second-order valence-electron chi connectivity index (χ2n) is 7.74. The number of rotatable bonds is 26. The van der Waals surface area contributed by atoms with Crippen LogP contribution in [-0.2, 0) is 33.2 Å². The molecule has 0 bridgehead atoms. The summed E-state index contributed by atoms with van der Waals surface area (Å²) in [4.78, 5) is 0. The van der Waals surface area contributed by atoms with Crippen molar-refractivity contribution < 1.29 is 74.0 Å². The summed E-state index contributed by atoms with van der Waals surface area (Å²) in [6.45, 7) is -0.798. The standard InChI is InChI=1S/C21H44O15/c1-2-30-8-17(27)9-33-14-21(36-20(29)5-24)35-13-19(12-32-7-16(26)4-23)34-11-18(28)10-31-6-15(25)3-22/h15-29H,2-14H2,1H3. The zero-order chi connectivity index (χ0) is 27.2. The van der Waals surface area contributed by atoms with Crippen molar-refractivity contribution in [3.8, 4) is 0 Å². The van der Waals surface area contributed by atoms with Gasteiger partial charge >= 0.3 is 0 Å². The van der Waals surface area contributed by atoms with Crippen molar-refractivity contribution in [2.24, 2.45) is 0 Å². The van der Waals surface area contributed by atoms with E-state index in [4.69, 9.17) is 48.5 Å². The SMILES string of the molecule is CCOCC(O)COCC(OCC(COCC(O)CO)OCC(O)COCC(O)CO)OC(O)CO. The predicted molar refractivity (Wildman–Crippen MR) is 121 cm³/mol. The fraction of sp³-hybridized carbons (Fsp3) is 1.00. The van der Waals surface area contributed by atoms with Gasteiger partial charge in [-0.3, -0.25) is 0 Å². The van der Waals surface area contributed by atoms with Crippen molar-refractivity contribution in [3.63, 3.8) is 0 Å². The summed E-state index contributed by atoms with van der Waals surface area (Å²) in [5.74, 6) is 0. The van der Waals surface area contributed by atoms with Crippen LogP contribution in [0.25, 0.3) is 0 Å². The van der Waals surface area contributed by atoms with Gasteiger partial charge in [0.25, 0.3) is 0 Å². The lowest BCUT2D eigenvalue weighted by Gasteiger charge is -2.25. The number of aliphatic hydroxyl groups excluding tert-OH is 8. The van der Waals surface area contributed by atoms with Crippen molar-refractivity contribution in [1.29, 1.82) is 0 Å². The smallest absolute Gasteiger partial charge is 0.184 e. The number of aliphatic hydroxyl groups is 8. The normalized spacial score (nSPS) is 17.9. The first kappa shape index (κ1) is 35.4. The minimum Gasteiger partial charge on any atom is -0.394 e. The summed E-state index contributed by atoms with van der Waals surface area (Å²) in [6.07, 6.45) is -7.69. The highest BCUT2D eigenvalue weighted by Gasteiger charge is 2.21. The molecule has 0 aromatic carbocycles. The molecular weight excluding hydrogens is 492 g/mol. The van der Waals surface area contributed by atoms with Crippen molar-refractivity contribution in [1.82, 2.24) is 0 Å². The summed E-state index contributed by atoms with van der Waals surface area (Å²) in [5.41, 5.74) is 0. The fourth-order valence-corrected chi connectivity index (χ4v) is 2.38. The van der Waals surface area contributed by atoms with Gasteiger partial charge in [0.1, 0.15) is 30.5 Å². The highest BCUT2D eigenvalue weighted by molar-refractivity contribution is 4.62. The van der Waals surface area contributed by atoms with E-state index >= 15 is 0 Å². The monoisotopic (exact) mass is 536 g/mol. The topological polar surface area (TPSA) is 226 Å². The number of hydrogen-bond donors (Lipinski definition) is 8. The van der Waals surface area contributed by atoms with Gasteiger partial charge in [-0.05, 0) is 6.92 Å². The quantitative estimate of drug-likeness (QED) is 0.0488. The van der Waals surface area contributed by atoms with Crippen LogP contribution in [0.15, 0.2) is 0 Å². The number of hydrogen-bond acceptors (Lipinski definition) is 15. The summed E-state index contributed by atoms with van der Waals surface area (Å²) in [7, 11) is 0. The first-order valence-electron chi connectivity index (χ1n) is 11.7. The second-order valence-corrected chi connectivity index (χ2v) is 7.74. The summed E-state index contributed by atoms with van der Waals surface area (Å²) in [5, 5.41) is 74.8. The van der Waals surface area contributed by atoms with Crippen LogP contribution >= 0.6 is 0 Å². The molecule has 0 rings (SSSR count). The van der Waals surface area contributed by atoms with Gasteiger partial charge in [0, 0.05) is 6.61 Å². The van der Waals surface area contributed by atoms with Crippen LogP contribution in [0.1, 0.15) is 6.92 Å². The maximum atomic E-state index is 10.0. The van der Waals surface area contributed by atoms with Crippen LogP contribution < -0.4 is 0 Å². The van der Waals surface area contributed by atoms with Crippen LogP contribution in [-0.4, -0.2) is 170 Å². The first-order valence-corrected chi connectivity index (χ1v) is 11.7. The van der Waals surface area contributed by atoms with E-state index in [9.17, 15) is 25.5 Å². The molecule has 7 atom stereocenters. The van der Waals surface area contributed by atoms with Crippen LogP contribution in [0.4, 0.5) is 0 Å². The van der Waals surface area contributed by atoms with Gasteiger partial charge < -0.3 is 74.0 Å². The number of ether oxygens (including phenoxy) is 7. The zero-order valence-corrected chi connectivity index (χ0v) is 20.7. The third-order valence-corrected chi connectivity index (χ3v) is 4.19. The molecular formula is C21H44O15. The zero-order valence-electron chi connectivity index (χ0n) is 20.7. The molecule has 0 aromatic rings. The van der Waals surface area contributed by atoms with E-state index in [0.29, 0.717) is 6.61 Å². The maximum absolute atomic E-state index is 10.0. The summed E-state index contributed by atoms with van der Waals surface area (Å²) < 4.78 is 37.1. The molecule has 0 fully saturated rings. The fourth-order valence-electron chi connectivity index (χ4n) is 2.38. The van der Waals surface area contributed by atoms with E-state index in [1.807, 2.05) is 0 Å². The van der Waals surface area contributed by atoms with Crippen LogP contribution in [0, 0.1) is 0 Å². The summed E-state index contributed by atoms with van der Waals surface area (Å²) in [6, 6.07) is 0. The van der Waals surface area contributed by atoms with Crippen LogP contribution in [0.2, 0.25) is 0 Å². The molecule has 7 unspecified atom stereocenters. The van der Waals surface area contributed by atoms with E-state index in [1.54, 1.807) is 6.92 Å². The Hall–Kier alpha value is -0.600. The van der Waals surface area contributed by atoms with Gasteiger partial charge in [-0.15, -0.1) is 0 Å². The Morgan fingerprint density at radius 3 is 1.56 bits per heavy atom. The van der Waals surface area contributed by atoms with Crippen LogP contribution in [0.3, 0.4) is 0 Å². The Kier molecular flexibility index (Phi) is 23.1. The van der Waals surface area contributed by atoms with E-state index in [0.717, 1.165) is 0 Å². The maximum Gasteiger partial charge on any atom is 0.184 e. The molecule has 218 valence electrons. The Bertz CT molecular complexity index is 475. The van der Waals surface area contributed by atoms with Gasteiger partial charge in [0.2, 0.25) is 0 Å². The predicted octanol–water partition coefficient (Wildman–Crippen LogP) is -4.44.